The van der Waals surface area contributed by atoms with Crippen LogP contribution in [0, 0.1) is 211 Å². The molecule has 0 heterocycles. The van der Waals surface area contributed by atoms with Crippen molar-refractivity contribution in [1.29, 1.82) is 0 Å². The number of nitrogens with zero attached hydrogens (tertiary/aromatic N) is 1. The van der Waals surface area contributed by atoms with Gasteiger partial charge in [-0.15, -0.1) is 0 Å². The molecule has 0 saturated heterocycles. The molecular weight excluding hydrogens is 3760 g/mol. The van der Waals surface area contributed by atoms with E-state index >= 15 is 0 Å². The van der Waals surface area contributed by atoms with Gasteiger partial charge in [-0.1, -0.05) is 457 Å². The second-order valence-corrected chi connectivity index (χ2v) is 26.1. The van der Waals surface area contributed by atoms with Crippen molar-refractivity contribution in [1.82, 2.24) is 0 Å². The smallest absolute Gasteiger partial charge is 0.187 e. The molecule has 6 radical (unpaired) electrons. The van der Waals surface area contributed by atoms with E-state index in [9.17, 15) is 0 Å². The average molecular weight is 3920 g/mol. The Morgan fingerprint density at radius 1 is 0.230 bits per heavy atom. The van der Waals surface area contributed by atoms with Crippen LogP contribution in [-0.4, -0.2) is 17.4 Å². The van der Waals surface area contributed by atoms with Crippen LogP contribution in [0.4, 0.5) is 17.1 Å². The van der Waals surface area contributed by atoms with E-state index in [2.05, 4.69) is 397 Å². The Labute approximate surface area is 1150 Å². The molecule has 0 fully saturated rings. The van der Waals surface area contributed by atoms with E-state index in [1.165, 1.54) is 184 Å². The molecule has 0 bridgehead atoms. The Balaban J connectivity index is -0.0000000792. The largest absolute Gasteiger partial charge is 0.309 e. The first-order chi connectivity index (χ1) is 59.2. The van der Waals surface area contributed by atoms with Gasteiger partial charge in [0.1, 0.15) is 0 Å². The minimum atomic E-state index is 0. The fourth-order valence-corrected chi connectivity index (χ4v) is 14.8. The van der Waals surface area contributed by atoms with Crippen molar-refractivity contribution in [2.24, 2.45) is 0 Å². The zero-order valence-corrected chi connectivity index (χ0v) is 126. The molecule has 19 heteroatoms. The van der Waals surface area contributed by atoms with Gasteiger partial charge in [0.25, 0.3) is 0 Å². The van der Waals surface area contributed by atoms with Gasteiger partial charge < -0.3 is 4.90 Å². The number of anilines is 3. The van der Waals surface area contributed by atoms with Gasteiger partial charge in [-0.3, -0.25) is 0 Å². The van der Waals surface area contributed by atoms with Crippen LogP contribution in [0.3, 0.4) is 0 Å². The maximum absolute atomic E-state index is 2.47. The van der Waals surface area contributed by atoms with E-state index in [1.54, 1.807) is 0 Å². The van der Waals surface area contributed by atoms with Crippen LogP contribution in [0.15, 0.2) is 309 Å². The predicted octanol–water partition coefficient (Wildman–Crippen LogP) is 38.3. The Bertz CT molecular complexity index is 4410. The topological polar surface area (TPSA) is 3.24 Å². The molecule has 0 aliphatic carbocycles. The van der Waals surface area contributed by atoms with E-state index < -0.39 is 0 Å². The number of hydrogen-bond acceptors (Lipinski definition) is 1. The van der Waals surface area contributed by atoms with Crippen LogP contribution in [-0.2, 0) is 282 Å². The van der Waals surface area contributed by atoms with Crippen LogP contribution in [0.1, 0.15) is 233 Å². The van der Waals surface area contributed by atoms with Crippen LogP contribution < -0.4 is 4.90 Å². The molecule has 0 aliphatic rings. The number of benzene rings is 14. The number of para-hydroxylation sites is 3. The molecular formula is C120H162AlAuCdCuDyEuFeIrNNiOsPdPtReRhRuSmWZn. The summed E-state index contributed by atoms with van der Waals surface area (Å²) in [6, 6.07) is 112. The summed E-state index contributed by atoms with van der Waals surface area (Å²) in [5.74, 6) is 0. The Kier molecular flexibility index (Phi) is 152. The summed E-state index contributed by atoms with van der Waals surface area (Å²) in [5.41, 5.74) is 42.1. The fraction of sp³-hybridized carbons (Fsp3) is 0.300. The van der Waals surface area contributed by atoms with Crippen LogP contribution in [0.2, 0.25) is 0 Å². The summed E-state index contributed by atoms with van der Waals surface area (Å²) >= 11 is 0. The minimum absolute atomic E-state index is 0. The molecule has 0 unspecified atom stereocenters. The summed E-state index contributed by atoms with van der Waals surface area (Å²) in [6.07, 6.45) is 0. The average Bonchev–Trinajstić information content (AvgIpc) is 0.714. The second-order valence-electron chi connectivity index (χ2n) is 26.1. The maximum Gasteiger partial charge on any atom is 0.187 e. The van der Waals surface area contributed by atoms with Gasteiger partial charge in [-0.05, 0) is 268 Å². The van der Waals surface area contributed by atoms with Crippen LogP contribution in [0.25, 0.3) is 100 Å². The van der Waals surface area contributed by atoms with Crippen LogP contribution >= 0.6 is 0 Å². The van der Waals surface area contributed by atoms with Crippen molar-refractivity contribution in [2.75, 3.05) is 4.90 Å². The summed E-state index contributed by atoms with van der Waals surface area (Å²) in [5, 5.41) is 0. The first kappa shape index (κ1) is 186. The van der Waals surface area contributed by atoms with Crippen molar-refractivity contribution in [3.63, 3.8) is 0 Å². The molecule has 14 aromatic rings. The van der Waals surface area contributed by atoms with Crippen molar-refractivity contribution in [3.05, 3.63) is 376 Å². The number of aryl methyl sites for hydroxylation is 12. The van der Waals surface area contributed by atoms with E-state index in [-0.39, 0.29) is 427 Å². The molecule has 0 saturated carbocycles. The second kappa shape index (κ2) is 113. The van der Waals surface area contributed by atoms with Crippen LogP contribution in [0.5, 0.6) is 0 Å². The summed E-state index contributed by atoms with van der Waals surface area (Å²) in [7, 11) is 0. The normalized spacial score (nSPS) is 8.12. The van der Waals surface area contributed by atoms with Crippen molar-refractivity contribution >= 4 is 34.4 Å². The monoisotopic (exact) mass is 3930 g/mol. The van der Waals surface area contributed by atoms with Crippen molar-refractivity contribution in [2.45, 2.75) is 249 Å². The summed E-state index contributed by atoms with van der Waals surface area (Å²) in [4.78, 5) is 2.47. The Morgan fingerprint density at radius 2 is 0.331 bits per heavy atom. The SMILES string of the molecule is CC.CC.CC.CC.CC.CC.CC.CC.CC.CC.CC.CC.Cc1cccc(C)c1-c1cc(-c2c(C)cccc2C)cc(-c2c(C)cccc2C)c1.Cc1cccc(C)c1N(c1c(C)cccc1C)c1c(C)cccc1C.[AlH3].[Au].[Cd].[Cu].[Dy].[Eu].[Fe].[Ir].[Ni].[Os].[Pd].[Pt].[Re].[Rh].[Ru].[Sm].[W].[Zn].c1ccc(-c2c(-c3ccccc3)c(-c3ccccc3)c(-c3ccccc3)c(-c3ccccc3)c2-c2ccccc2)cc1. The molecule has 139 heavy (non-hydrogen) atoms. The molecule has 14 aromatic carbocycles. The van der Waals surface area contributed by atoms with Gasteiger partial charge >= 0.3 is 0 Å². The summed E-state index contributed by atoms with van der Waals surface area (Å²) < 4.78 is 0. The zero-order valence-electron chi connectivity index (χ0n) is 89.0. The molecule has 0 amide bonds. The third-order valence-electron chi connectivity index (χ3n) is 19.1. The van der Waals surface area contributed by atoms with Gasteiger partial charge in [-0.2, -0.15) is 0 Å². The first-order valence-electron chi connectivity index (χ1n) is 46.1. The molecule has 0 spiro atoms. The minimum Gasteiger partial charge on any atom is -0.309 e. The molecule has 0 aliphatic heterocycles. The predicted molar refractivity (Wildman–Crippen MR) is 566 cm³/mol. The fourth-order valence-electron chi connectivity index (χ4n) is 14.8. The summed E-state index contributed by atoms with van der Waals surface area (Å²) in [6.45, 7) is 74.5. The maximum atomic E-state index is 2.47. The van der Waals surface area contributed by atoms with Crippen molar-refractivity contribution < 1.29 is 410 Å². The Hall–Kier alpha value is 2.66. The number of rotatable bonds is 12. The van der Waals surface area contributed by atoms with Gasteiger partial charge in [-0.25, -0.2) is 0 Å². The molecule has 0 atom stereocenters. The van der Waals surface area contributed by atoms with E-state index in [4.69, 9.17) is 0 Å². The Morgan fingerprint density at radius 3 is 0.439 bits per heavy atom. The molecule has 784 valence electrons. The quantitative estimate of drug-likeness (QED) is 0.110. The molecule has 1 nitrogen and oxygen atoms in total. The third kappa shape index (κ3) is 56.6. The molecule has 14 rings (SSSR count). The van der Waals surface area contributed by atoms with Gasteiger partial charge in [0.15, 0.2) is 17.4 Å². The zero-order chi connectivity index (χ0) is 91.7. The van der Waals surface area contributed by atoms with Gasteiger partial charge in [0, 0.05) is 410 Å². The standard InChI is InChI=1S/C42H30.C30H30.C24H27N.12C2H6.Al.Au.Cd.Cu.Dy.Eu.Fe.Ir.Ni.Os.Pd.Pt.Re.Rh.Ru.Sm.W.Zn.3H/c1-7-19-31(20-8-1)37-38(32-21-9-2-10-22-32)40(34-25-13-4-14-26-34)42(36-29-17-6-18-30-36)41(35-27-15-5-16-28-35)39(37)33-23-11-3-12-24-33;1-19-10-7-11-20(2)28(19)25-16-26(29-21(3)12-8-13-22(29)4)18-27(17-25)30-23(5)14-9-15-24(30)6;1-16-10-7-11-17(2)22(16)25(23-18(3)12-8-13-19(23)4)24-20(5)14-9-15-21(24)6;12*1-2;;;;;;;;;;;;;;;;;;;;;/h1-30H;7-18H,1-6H3;7-15H,1-6H3;12*1-2H3;;;;;;;;;;;;;;;;;;;;;. The van der Waals surface area contributed by atoms with E-state index in [1.807, 2.05) is 166 Å². The van der Waals surface area contributed by atoms with E-state index in [0.717, 1.165) is 0 Å². The molecule has 0 aromatic heterocycles. The molecule has 0 N–H and O–H groups in total. The first-order valence-corrected chi connectivity index (χ1v) is 46.1. The number of hydrogen-bond donors (Lipinski definition) is 0. The van der Waals surface area contributed by atoms with Gasteiger partial charge in [0.05, 0.1) is 17.1 Å². The van der Waals surface area contributed by atoms with E-state index in [0.29, 0.717) is 0 Å². The third-order valence-corrected chi connectivity index (χ3v) is 19.1. The van der Waals surface area contributed by atoms with Gasteiger partial charge in [0.2, 0.25) is 0 Å². The van der Waals surface area contributed by atoms with Crippen molar-refractivity contribution in [3.8, 4) is 100 Å².